The number of esters is 1. The van der Waals surface area contributed by atoms with E-state index in [9.17, 15) is 4.79 Å². The smallest absolute Gasteiger partial charge is 0.354 e. The van der Waals surface area contributed by atoms with Crippen molar-refractivity contribution in [2.45, 2.75) is 39.2 Å². The number of oxime groups is 1. The number of rotatable bonds is 1. The van der Waals surface area contributed by atoms with Gasteiger partial charge in [-0.2, -0.15) is 0 Å². The van der Waals surface area contributed by atoms with Gasteiger partial charge in [-0.3, -0.25) is 0 Å². The van der Waals surface area contributed by atoms with Crippen molar-refractivity contribution in [1.29, 1.82) is 0 Å². The van der Waals surface area contributed by atoms with Gasteiger partial charge in [-0.25, -0.2) is 4.79 Å². The van der Waals surface area contributed by atoms with Gasteiger partial charge in [0.05, 0.1) is 18.7 Å². The van der Waals surface area contributed by atoms with Gasteiger partial charge in [-0.1, -0.05) is 19.0 Å². The van der Waals surface area contributed by atoms with E-state index in [1.165, 1.54) is 7.11 Å². The highest BCUT2D eigenvalue weighted by Crippen LogP contribution is 2.55. The Morgan fingerprint density at radius 1 is 1.60 bits per heavy atom. The van der Waals surface area contributed by atoms with E-state index in [-0.39, 0.29) is 17.3 Å². The van der Waals surface area contributed by atoms with Gasteiger partial charge in [-0.15, -0.1) is 0 Å². The first-order chi connectivity index (χ1) is 6.95. The Morgan fingerprint density at radius 2 is 2.27 bits per heavy atom. The third kappa shape index (κ3) is 1.08. The highest BCUT2D eigenvalue weighted by atomic mass is 16.7. The van der Waals surface area contributed by atoms with Crippen LogP contribution in [-0.4, -0.2) is 24.4 Å². The molecular weight excluding hydrogens is 194 g/mol. The maximum Gasteiger partial charge on any atom is 0.354 e. The zero-order chi connectivity index (χ0) is 11.3. The molecule has 4 heteroatoms. The Kier molecular flexibility index (Phi) is 2.07. The molecule has 1 saturated carbocycles. The highest BCUT2D eigenvalue weighted by Gasteiger charge is 2.67. The molecule has 0 N–H and O–H groups in total. The lowest BCUT2D eigenvalue weighted by Gasteiger charge is -2.35. The fourth-order valence-corrected chi connectivity index (χ4v) is 2.87. The van der Waals surface area contributed by atoms with Gasteiger partial charge in [0.25, 0.3) is 0 Å². The zero-order valence-electron chi connectivity index (χ0n) is 9.66. The van der Waals surface area contributed by atoms with E-state index >= 15 is 0 Å². The predicted octanol–water partition coefficient (Wildman–Crippen LogP) is 1.74. The van der Waals surface area contributed by atoms with Crippen LogP contribution in [0.3, 0.4) is 0 Å². The van der Waals surface area contributed by atoms with Crippen molar-refractivity contribution in [1.82, 2.24) is 0 Å². The quantitative estimate of drug-likeness (QED) is 0.621. The molecule has 0 saturated heterocycles. The van der Waals surface area contributed by atoms with E-state index in [1.807, 2.05) is 20.8 Å². The van der Waals surface area contributed by atoms with Crippen molar-refractivity contribution in [3.63, 3.8) is 0 Å². The van der Waals surface area contributed by atoms with Gasteiger partial charge in [0.15, 0.2) is 0 Å². The Balaban J connectivity index is 2.45. The van der Waals surface area contributed by atoms with Gasteiger partial charge in [0.1, 0.15) is 0 Å². The molecule has 0 aromatic carbocycles. The highest BCUT2D eigenvalue weighted by molar-refractivity contribution is 5.95. The van der Waals surface area contributed by atoms with Crippen molar-refractivity contribution in [3.8, 4) is 0 Å². The lowest BCUT2D eigenvalue weighted by molar-refractivity contribution is -0.183. The van der Waals surface area contributed by atoms with Crippen molar-refractivity contribution in [2.75, 3.05) is 7.11 Å². The molecule has 0 spiro atoms. The molecule has 2 rings (SSSR count). The standard InChI is InChI=1S/C11H17NO3/c1-7-8-5-6-10(2,3)11(8,15-12-7)9(13)14-4/h8H,5-6H2,1-4H3. The molecule has 0 amide bonds. The number of hydrogen-bond acceptors (Lipinski definition) is 4. The van der Waals surface area contributed by atoms with Gasteiger partial charge < -0.3 is 9.57 Å². The third-order valence-electron chi connectivity index (χ3n) is 3.88. The number of carbonyl (C=O) groups is 1. The maximum absolute atomic E-state index is 12.0. The molecule has 1 aliphatic carbocycles. The van der Waals surface area contributed by atoms with E-state index < -0.39 is 5.60 Å². The van der Waals surface area contributed by atoms with Crippen LogP contribution in [0.2, 0.25) is 0 Å². The molecule has 2 aliphatic rings. The van der Waals surface area contributed by atoms with Crippen molar-refractivity contribution >= 4 is 11.7 Å². The van der Waals surface area contributed by atoms with Crippen molar-refractivity contribution in [3.05, 3.63) is 0 Å². The summed E-state index contributed by atoms with van der Waals surface area (Å²) in [4.78, 5) is 17.4. The lowest BCUT2D eigenvalue weighted by atomic mass is 9.73. The third-order valence-corrected chi connectivity index (χ3v) is 3.88. The topological polar surface area (TPSA) is 47.9 Å². The molecule has 15 heavy (non-hydrogen) atoms. The van der Waals surface area contributed by atoms with E-state index in [1.54, 1.807) is 0 Å². The summed E-state index contributed by atoms with van der Waals surface area (Å²) in [6.07, 6.45) is 1.90. The molecule has 0 bridgehead atoms. The SMILES string of the molecule is COC(=O)C12ON=C(C)C1CCC2(C)C. The average Bonchev–Trinajstić information content (AvgIpc) is 2.65. The summed E-state index contributed by atoms with van der Waals surface area (Å²) in [5.74, 6) is -0.212. The van der Waals surface area contributed by atoms with E-state index in [0.29, 0.717) is 0 Å². The second-order valence-electron chi connectivity index (χ2n) is 5.03. The first-order valence-corrected chi connectivity index (χ1v) is 5.27. The van der Waals surface area contributed by atoms with Gasteiger partial charge in [0, 0.05) is 5.41 Å². The maximum atomic E-state index is 12.0. The summed E-state index contributed by atoms with van der Waals surface area (Å²) in [5.41, 5.74) is -0.191. The van der Waals surface area contributed by atoms with Crippen LogP contribution in [-0.2, 0) is 14.4 Å². The zero-order valence-corrected chi connectivity index (χ0v) is 9.66. The largest absolute Gasteiger partial charge is 0.466 e. The van der Waals surface area contributed by atoms with Crippen LogP contribution in [0, 0.1) is 11.3 Å². The van der Waals surface area contributed by atoms with Gasteiger partial charge in [-0.05, 0) is 19.8 Å². The second kappa shape index (κ2) is 2.97. The summed E-state index contributed by atoms with van der Waals surface area (Å²) >= 11 is 0. The summed E-state index contributed by atoms with van der Waals surface area (Å²) in [5, 5.41) is 3.97. The molecule has 1 heterocycles. The fourth-order valence-electron chi connectivity index (χ4n) is 2.87. The Hall–Kier alpha value is -1.06. The summed E-state index contributed by atoms with van der Waals surface area (Å²) < 4.78 is 4.89. The predicted molar refractivity (Wildman–Crippen MR) is 55.4 cm³/mol. The van der Waals surface area contributed by atoms with Crippen LogP contribution in [0.1, 0.15) is 33.6 Å². The summed E-state index contributed by atoms with van der Waals surface area (Å²) in [7, 11) is 1.40. The number of methoxy groups -OCH3 is 1. The summed E-state index contributed by atoms with van der Waals surface area (Å²) in [6, 6.07) is 0. The lowest BCUT2D eigenvalue weighted by Crippen LogP contribution is -2.52. The molecule has 2 unspecified atom stereocenters. The number of hydrogen-bond donors (Lipinski definition) is 0. The first-order valence-electron chi connectivity index (χ1n) is 5.27. The van der Waals surface area contributed by atoms with E-state index in [0.717, 1.165) is 18.6 Å². The number of carbonyl (C=O) groups excluding carboxylic acids is 1. The molecule has 0 radical (unpaired) electrons. The monoisotopic (exact) mass is 211 g/mol. The minimum Gasteiger partial charge on any atom is -0.466 e. The Bertz CT molecular complexity index is 335. The van der Waals surface area contributed by atoms with Crippen molar-refractivity contribution < 1.29 is 14.4 Å². The Morgan fingerprint density at radius 3 is 2.87 bits per heavy atom. The average molecular weight is 211 g/mol. The Labute approximate surface area is 89.6 Å². The minimum atomic E-state index is -0.883. The van der Waals surface area contributed by atoms with E-state index in [4.69, 9.17) is 9.57 Å². The van der Waals surface area contributed by atoms with Crippen LogP contribution < -0.4 is 0 Å². The molecule has 4 nitrogen and oxygen atoms in total. The van der Waals surface area contributed by atoms with Crippen LogP contribution in [0.15, 0.2) is 5.16 Å². The number of fused-ring (bicyclic) bond motifs is 1. The van der Waals surface area contributed by atoms with Crippen LogP contribution in [0.4, 0.5) is 0 Å². The van der Waals surface area contributed by atoms with E-state index in [2.05, 4.69) is 5.16 Å². The summed E-state index contributed by atoms with van der Waals surface area (Å²) in [6.45, 7) is 5.99. The molecule has 84 valence electrons. The minimum absolute atomic E-state index is 0.0833. The van der Waals surface area contributed by atoms with Gasteiger partial charge in [0.2, 0.25) is 5.60 Å². The molecule has 0 aromatic heterocycles. The molecular formula is C11H17NO3. The molecule has 2 atom stereocenters. The number of ether oxygens (including phenoxy) is 1. The van der Waals surface area contributed by atoms with Crippen LogP contribution in [0.25, 0.3) is 0 Å². The van der Waals surface area contributed by atoms with Gasteiger partial charge >= 0.3 is 5.97 Å². The normalized spacial score (nSPS) is 36.8. The van der Waals surface area contributed by atoms with Crippen molar-refractivity contribution in [2.24, 2.45) is 16.5 Å². The molecule has 1 aliphatic heterocycles. The van der Waals surface area contributed by atoms with Crippen LogP contribution >= 0.6 is 0 Å². The second-order valence-corrected chi connectivity index (χ2v) is 5.03. The fraction of sp³-hybridized carbons (Fsp3) is 0.818. The van der Waals surface area contributed by atoms with Crippen LogP contribution in [0.5, 0.6) is 0 Å². The first kappa shape index (κ1) is 10.5. The number of nitrogens with zero attached hydrogens (tertiary/aromatic N) is 1. The molecule has 0 aromatic rings. The molecule has 1 fully saturated rings.